The van der Waals surface area contributed by atoms with Crippen molar-refractivity contribution in [2.45, 2.75) is 18.2 Å². The lowest BCUT2D eigenvalue weighted by Gasteiger charge is -2.36. The maximum Gasteiger partial charge on any atom is 0.303 e. The maximum atomic E-state index is 13.4. The van der Waals surface area contributed by atoms with Crippen LogP contribution in [0, 0.1) is 0 Å². The van der Waals surface area contributed by atoms with Gasteiger partial charge < -0.3 is 28.7 Å². The van der Waals surface area contributed by atoms with Crippen LogP contribution in [0.5, 0.6) is 17.2 Å². The van der Waals surface area contributed by atoms with Crippen molar-refractivity contribution < 1.29 is 37.0 Å². The highest BCUT2D eigenvalue weighted by Gasteiger charge is 2.27. The molecule has 0 N–H and O–H groups in total. The van der Waals surface area contributed by atoms with E-state index in [1.165, 1.54) is 24.4 Å². The second-order valence-electron chi connectivity index (χ2n) is 8.75. The van der Waals surface area contributed by atoms with E-state index < -0.39 is 16.0 Å². The Balaban J connectivity index is 1.71. The van der Waals surface area contributed by atoms with Crippen LogP contribution in [0.25, 0.3) is 0 Å². The number of methoxy groups -OCH3 is 3. The minimum Gasteiger partial charge on any atom is -0.495 e. The second-order valence-corrected chi connectivity index (χ2v) is 10.8. The summed E-state index contributed by atoms with van der Waals surface area (Å²) in [7, 11) is 2.41. The number of sulfonamides is 1. The van der Waals surface area contributed by atoms with Crippen LogP contribution in [0.4, 0.5) is 5.69 Å². The number of anilines is 1. The maximum absolute atomic E-state index is 13.4. The van der Waals surface area contributed by atoms with E-state index in [-0.39, 0.29) is 24.0 Å². The topological polar surface area (TPSA) is 115 Å². The number of likely N-dealkylation sites (N-methyl/N-ethyl adjacent to an activating group) is 1. The average molecular weight is 550 g/mol. The third kappa shape index (κ3) is 6.87. The standard InChI is InChI=1S/C26H35N3O8S/c1-19(30)37-18-26(31)29-14-12-28(13-15-29)22-17-21(7-9-23(22)34-3)38(32,33)27(2)11-10-20-6-8-24(35-4)25(16-20)36-5/h6-9,16-17H,10-15,18H2,1-5H3. The van der Waals surface area contributed by atoms with E-state index in [4.69, 9.17) is 18.9 Å². The number of benzene rings is 2. The lowest BCUT2D eigenvalue weighted by Crippen LogP contribution is -2.50. The summed E-state index contributed by atoms with van der Waals surface area (Å²) in [6.45, 7) is 3.00. The zero-order valence-corrected chi connectivity index (χ0v) is 23.2. The Hall–Kier alpha value is -3.51. The third-order valence-electron chi connectivity index (χ3n) is 6.39. The summed E-state index contributed by atoms with van der Waals surface area (Å²) >= 11 is 0. The third-order valence-corrected chi connectivity index (χ3v) is 8.25. The molecule has 11 nitrogen and oxygen atoms in total. The van der Waals surface area contributed by atoms with Crippen molar-refractivity contribution in [2.75, 3.05) is 72.6 Å². The highest BCUT2D eigenvalue weighted by atomic mass is 32.2. The van der Waals surface area contributed by atoms with Crippen LogP contribution in [-0.2, 0) is 30.8 Å². The Labute approximate surface area is 223 Å². The fourth-order valence-electron chi connectivity index (χ4n) is 4.15. The van der Waals surface area contributed by atoms with Crippen molar-refractivity contribution in [3.05, 3.63) is 42.0 Å². The van der Waals surface area contributed by atoms with Gasteiger partial charge in [-0.15, -0.1) is 0 Å². The van der Waals surface area contributed by atoms with Gasteiger partial charge in [0.15, 0.2) is 18.1 Å². The molecule has 0 aliphatic carbocycles. The summed E-state index contributed by atoms with van der Waals surface area (Å²) in [6, 6.07) is 10.3. The van der Waals surface area contributed by atoms with Crippen LogP contribution in [-0.4, -0.2) is 97.2 Å². The molecule has 1 amide bonds. The molecule has 3 rings (SSSR count). The van der Waals surface area contributed by atoms with E-state index in [0.717, 1.165) is 5.56 Å². The van der Waals surface area contributed by atoms with Crippen molar-refractivity contribution in [1.82, 2.24) is 9.21 Å². The van der Waals surface area contributed by atoms with E-state index in [2.05, 4.69) is 0 Å². The first kappa shape index (κ1) is 29.1. The van der Waals surface area contributed by atoms with Gasteiger partial charge in [0.05, 0.1) is 31.9 Å². The molecule has 1 heterocycles. The van der Waals surface area contributed by atoms with E-state index >= 15 is 0 Å². The summed E-state index contributed by atoms with van der Waals surface area (Å²) in [5, 5.41) is 0. The number of piperazine rings is 1. The quantitative estimate of drug-likeness (QED) is 0.387. The minimum absolute atomic E-state index is 0.150. The van der Waals surface area contributed by atoms with Crippen molar-refractivity contribution in [3.8, 4) is 17.2 Å². The van der Waals surface area contributed by atoms with Crippen LogP contribution in [0.3, 0.4) is 0 Å². The SMILES string of the molecule is COc1ccc(CCN(C)S(=O)(=O)c2ccc(OC)c(N3CCN(C(=O)COC(C)=O)CC3)c2)cc1OC. The Morgan fingerprint density at radius 3 is 2.13 bits per heavy atom. The number of esters is 1. The Kier molecular flexibility index (Phi) is 9.81. The molecule has 2 aromatic carbocycles. The highest BCUT2D eigenvalue weighted by Crippen LogP contribution is 2.33. The Morgan fingerprint density at radius 1 is 0.895 bits per heavy atom. The van der Waals surface area contributed by atoms with Crippen LogP contribution < -0.4 is 19.1 Å². The van der Waals surface area contributed by atoms with Gasteiger partial charge in [-0.25, -0.2) is 12.7 Å². The number of ether oxygens (including phenoxy) is 4. The molecule has 0 spiro atoms. The van der Waals surface area contributed by atoms with Crippen molar-refractivity contribution in [3.63, 3.8) is 0 Å². The molecule has 1 fully saturated rings. The van der Waals surface area contributed by atoms with Gasteiger partial charge in [0, 0.05) is 46.7 Å². The van der Waals surface area contributed by atoms with E-state index in [0.29, 0.717) is 55.5 Å². The first-order valence-corrected chi connectivity index (χ1v) is 13.6. The van der Waals surface area contributed by atoms with E-state index in [1.807, 2.05) is 17.0 Å². The average Bonchev–Trinajstić information content (AvgIpc) is 2.93. The summed E-state index contributed by atoms with van der Waals surface area (Å²) in [4.78, 5) is 27.0. The van der Waals surface area contributed by atoms with Gasteiger partial charge in [-0.3, -0.25) is 9.59 Å². The first-order chi connectivity index (χ1) is 18.1. The number of hydrogen-bond donors (Lipinski definition) is 0. The number of carbonyl (C=O) groups excluding carboxylic acids is 2. The summed E-state index contributed by atoms with van der Waals surface area (Å²) in [5.74, 6) is 0.963. The molecular weight excluding hydrogens is 514 g/mol. The normalized spacial score (nSPS) is 13.8. The van der Waals surface area contributed by atoms with Crippen LogP contribution in [0.15, 0.2) is 41.3 Å². The number of rotatable bonds is 11. The van der Waals surface area contributed by atoms with Crippen LogP contribution in [0.1, 0.15) is 12.5 Å². The molecule has 208 valence electrons. The largest absolute Gasteiger partial charge is 0.495 e. The molecule has 0 radical (unpaired) electrons. The smallest absolute Gasteiger partial charge is 0.303 e. The summed E-state index contributed by atoms with van der Waals surface area (Å²) in [5.41, 5.74) is 1.55. The van der Waals surface area contributed by atoms with Crippen molar-refractivity contribution in [1.29, 1.82) is 0 Å². The number of carbonyl (C=O) groups is 2. The highest BCUT2D eigenvalue weighted by molar-refractivity contribution is 7.89. The van der Waals surface area contributed by atoms with Gasteiger partial charge in [-0.1, -0.05) is 6.07 Å². The molecule has 0 bridgehead atoms. The van der Waals surface area contributed by atoms with Gasteiger partial charge in [0.2, 0.25) is 10.0 Å². The molecule has 2 aromatic rings. The fourth-order valence-corrected chi connectivity index (χ4v) is 5.34. The second kappa shape index (κ2) is 12.8. The first-order valence-electron chi connectivity index (χ1n) is 12.1. The van der Waals surface area contributed by atoms with Crippen LogP contribution >= 0.6 is 0 Å². The van der Waals surface area contributed by atoms with Gasteiger partial charge in [-0.2, -0.15) is 0 Å². The molecule has 38 heavy (non-hydrogen) atoms. The summed E-state index contributed by atoms with van der Waals surface area (Å²) < 4.78 is 49.0. The molecule has 0 unspecified atom stereocenters. The molecule has 1 saturated heterocycles. The molecule has 0 aromatic heterocycles. The molecule has 0 atom stereocenters. The predicted octanol–water partition coefficient (Wildman–Crippen LogP) is 1.79. The molecule has 12 heteroatoms. The molecule has 1 aliphatic rings. The number of nitrogens with zero attached hydrogens (tertiary/aromatic N) is 3. The predicted molar refractivity (Wildman–Crippen MR) is 141 cm³/mol. The zero-order chi connectivity index (χ0) is 27.9. The van der Waals surface area contributed by atoms with Gasteiger partial charge in [0.1, 0.15) is 5.75 Å². The van der Waals surface area contributed by atoms with Gasteiger partial charge >= 0.3 is 5.97 Å². The summed E-state index contributed by atoms with van der Waals surface area (Å²) in [6.07, 6.45) is 0.489. The fraction of sp³-hybridized carbons (Fsp3) is 0.462. The van der Waals surface area contributed by atoms with Crippen molar-refractivity contribution >= 4 is 27.6 Å². The Morgan fingerprint density at radius 2 is 1.53 bits per heavy atom. The zero-order valence-electron chi connectivity index (χ0n) is 22.4. The molecule has 0 saturated carbocycles. The minimum atomic E-state index is -3.78. The monoisotopic (exact) mass is 549 g/mol. The van der Waals surface area contributed by atoms with E-state index in [1.54, 1.807) is 44.4 Å². The lowest BCUT2D eigenvalue weighted by molar-refractivity contribution is -0.150. The van der Waals surface area contributed by atoms with Crippen molar-refractivity contribution in [2.24, 2.45) is 0 Å². The van der Waals surface area contributed by atoms with Gasteiger partial charge in [0.25, 0.3) is 5.91 Å². The van der Waals surface area contributed by atoms with Crippen LogP contribution in [0.2, 0.25) is 0 Å². The molecular formula is C26H35N3O8S. The number of amides is 1. The molecule has 1 aliphatic heterocycles. The number of hydrogen-bond acceptors (Lipinski definition) is 9. The van der Waals surface area contributed by atoms with Gasteiger partial charge in [-0.05, 0) is 42.3 Å². The Bertz CT molecular complexity index is 1240. The lowest BCUT2D eigenvalue weighted by atomic mass is 10.1. The van der Waals surface area contributed by atoms with E-state index in [9.17, 15) is 18.0 Å².